The number of ether oxygens (including phenoxy) is 1. The summed E-state index contributed by atoms with van der Waals surface area (Å²) in [4.78, 5) is 12.3. The molecule has 2 aromatic rings. The van der Waals surface area contributed by atoms with Gasteiger partial charge in [0.05, 0.1) is 6.04 Å². The molecule has 1 heterocycles. The average molecular weight is 318 g/mol. The summed E-state index contributed by atoms with van der Waals surface area (Å²) in [7, 11) is 0. The topological polar surface area (TPSA) is 69.9 Å². The first kappa shape index (κ1) is 15.0. The number of carbonyl (C=O) groups excluding carboxylic acids is 1. The highest BCUT2D eigenvalue weighted by Gasteiger charge is 2.29. The van der Waals surface area contributed by atoms with Gasteiger partial charge in [-0.25, -0.2) is 4.68 Å². The quantitative estimate of drug-likeness (QED) is 0.479. The van der Waals surface area contributed by atoms with Gasteiger partial charge in [-0.3, -0.25) is 4.79 Å². The van der Waals surface area contributed by atoms with Crippen molar-refractivity contribution in [2.75, 3.05) is 0 Å². The Bertz CT molecular complexity index is 697. The molecule has 6 nitrogen and oxygen atoms in total. The van der Waals surface area contributed by atoms with E-state index < -0.39 is 0 Å². The molecule has 0 aliphatic heterocycles. The normalized spacial score (nSPS) is 15.6. The summed E-state index contributed by atoms with van der Waals surface area (Å²) >= 11 is 1.33. The van der Waals surface area contributed by atoms with E-state index in [0.717, 1.165) is 24.0 Å². The van der Waals surface area contributed by atoms with Crippen LogP contribution in [0.15, 0.2) is 23.4 Å². The molecule has 0 bridgehead atoms. The van der Waals surface area contributed by atoms with Crippen LogP contribution in [0.25, 0.3) is 0 Å². The Morgan fingerprint density at radius 2 is 2.18 bits per heavy atom. The predicted molar refractivity (Wildman–Crippen MR) is 83.0 cm³/mol. The summed E-state index contributed by atoms with van der Waals surface area (Å²) in [6.45, 7) is 5.70. The van der Waals surface area contributed by atoms with E-state index in [1.165, 1.54) is 11.8 Å². The van der Waals surface area contributed by atoms with Gasteiger partial charge in [0.1, 0.15) is 11.0 Å². The first-order chi connectivity index (χ1) is 10.5. The molecule has 0 saturated heterocycles. The zero-order valence-electron chi connectivity index (χ0n) is 12.8. The van der Waals surface area contributed by atoms with Gasteiger partial charge < -0.3 is 4.74 Å². The maximum atomic E-state index is 12.3. The van der Waals surface area contributed by atoms with Gasteiger partial charge in [0.15, 0.2) is 0 Å². The van der Waals surface area contributed by atoms with Crippen LogP contribution in [0, 0.1) is 13.8 Å². The molecule has 0 radical (unpaired) electrons. The number of hydrogen-bond acceptors (Lipinski definition) is 6. The summed E-state index contributed by atoms with van der Waals surface area (Å²) < 4.78 is 7.31. The lowest BCUT2D eigenvalue weighted by molar-refractivity contribution is -0.133. The van der Waals surface area contributed by atoms with Crippen LogP contribution in [0.1, 0.15) is 36.9 Å². The molecule has 1 aliphatic carbocycles. The SMILES string of the molecule is Cc1ccc(C)c(OC(=O)C(C)Sc2nnnn2C2CC2)c1. The minimum absolute atomic E-state index is 0.288. The molecule has 7 heteroatoms. The van der Waals surface area contributed by atoms with Crippen LogP contribution in [-0.4, -0.2) is 31.4 Å². The molecule has 0 N–H and O–H groups in total. The van der Waals surface area contributed by atoms with Crippen LogP contribution in [0.3, 0.4) is 0 Å². The largest absolute Gasteiger partial charge is 0.425 e. The summed E-state index contributed by atoms with van der Waals surface area (Å²) in [5, 5.41) is 12.0. The third kappa shape index (κ3) is 3.30. The van der Waals surface area contributed by atoms with E-state index in [-0.39, 0.29) is 11.2 Å². The van der Waals surface area contributed by atoms with E-state index in [9.17, 15) is 4.79 Å². The van der Waals surface area contributed by atoms with Crippen molar-refractivity contribution in [2.24, 2.45) is 0 Å². The molecule has 3 rings (SSSR count). The fourth-order valence-corrected chi connectivity index (χ4v) is 2.86. The predicted octanol–water partition coefficient (Wildman–Crippen LogP) is 2.71. The highest BCUT2D eigenvalue weighted by atomic mass is 32.2. The highest BCUT2D eigenvalue weighted by molar-refractivity contribution is 8.00. The average Bonchev–Trinajstić information content (AvgIpc) is 3.23. The lowest BCUT2D eigenvalue weighted by Crippen LogP contribution is -2.21. The number of tetrazole rings is 1. The summed E-state index contributed by atoms with van der Waals surface area (Å²) in [5.41, 5.74) is 2.00. The van der Waals surface area contributed by atoms with E-state index in [0.29, 0.717) is 16.9 Å². The van der Waals surface area contributed by atoms with Gasteiger partial charge in [-0.1, -0.05) is 23.9 Å². The lowest BCUT2D eigenvalue weighted by atomic mass is 10.1. The Balaban J connectivity index is 1.66. The van der Waals surface area contributed by atoms with Gasteiger partial charge in [-0.05, 0) is 61.2 Å². The molecule has 1 unspecified atom stereocenters. The maximum Gasteiger partial charge on any atom is 0.324 e. The molecule has 1 atom stereocenters. The second kappa shape index (κ2) is 6.08. The van der Waals surface area contributed by atoms with E-state index in [1.54, 1.807) is 4.68 Å². The first-order valence-electron chi connectivity index (χ1n) is 7.28. The van der Waals surface area contributed by atoms with Gasteiger partial charge >= 0.3 is 5.97 Å². The molecule has 1 aromatic heterocycles. The van der Waals surface area contributed by atoms with Gasteiger partial charge in [0.25, 0.3) is 0 Å². The van der Waals surface area contributed by atoms with Crippen molar-refractivity contribution < 1.29 is 9.53 Å². The van der Waals surface area contributed by atoms with Crippen molar-refractivity contribution in [2.45, 2.75) is 50.1 Å². The standard InChI is InChI=1S/C15H18N4O2S/c1-9-4-5-10(2)13(8-9)21-14(20)11(3)22-15-16-17-18-19(15)12-6-7-12/h4-5,8,11-12H,6-7H2,1-3H3. The van der Waals surface area contributed by atoms with Crippen molar-refractivity contribution in [3.05, 3.63) is 29.3 Å². The van der Waals surface area contributed by atoms with Crippen LogP contribution >= 0.6 is 11.8 Å². The van der Waals surface area contributed by atoms with Crippen LogP contribution in [0.4, 0.5) is 0 Å². The number of nitrogens with zero attached hydrogens (tertiary/aromatic N) is 4. The molecular formula is C15H18N4O2S. The van der Waals surface area contributed by atoms with Crippen molar-refractivity contribution >= 4 is 17.7 Å². The number of thioether (sulfide) groups is 1. The van der Waals surface area contributed by atoms with E-state index >= 15 is 0 Å². The number of carbonyl (C=O) groups is 1. The molecular weight excluding hydrogens is 300 g/mol. The molecule has 1 aliphatic rings. The number of hydrogen-bond donors (Lipinski definition) is 0. The van der Waals surface area contributed by atoms with Crippen molar-refractivity contribution in [1.82, 2.24) is 20.2 Å². The van der Waals surface area contributed by atoms with Crippen LogP contribution in [0.2, 0.25) is 0 Å². The van der Waals surface area contributed by atoms with E-state index in [4.69, 9.17) is 4.74 Å². The summed E-state index contributed by atoms with van der Waals surface area (Å²) in [5.74, 6) is 0.322. The molecule has 1 aromatic carbocycles. The second-order valence-corrected chi connectivity index (χ2v) is 6.90. The second-order valence-electron chi connectivity index (χ2n) is 5.59. The molecule has 0 amide bonds. The minimum atomic E-state index is -0.372. The molecule has 22 heavy (non-hydrogen) atoms. The minimum Gasteiger partial charge on any atom is -0.425 e. The lowest BCUT2D eigenvalue weighted by Gasteiger charge is -2.12. The third-order valence-electron chi connectivity index (χ3n) is 3.52. The number of esters is 1. The zero-order valence-corrected chi connectivity index (χ0v) is 13.6. The molecule has 0 spiro atoms. The Hall–Kier alpha value is -1.89. The summed E-state index contributed by atoms with van der Waals surface area (Å²) in [6.07, 6.45) is 2.19. The van der Waals surface area contributed by atoms with Gasteiger partial charge in [0, 0.05) is 0 Å². The summed E-state index contributed by atoms with van der Waals surface area (Å²) in [6, 6.07) is 6.21. The fraction of sp³-hybridized carbons (Fsp3) is 0.467. The molecule has 116 valence electrons. The first-order valence-corrected chi connectivity index (χ1v) is 8.16. The van der Waals surface area contributed by atoms with Crippen molar-refractivity contribution in [3.8, 4) is 5.75 Å². The molecule has 1 fully saturated rings. The van der Waals surface area contributed by atoms with E-state index in [2.05, 4.69) is 15.5 Å². The Kier molecular flexibility index (Phi) is 4.15. The van der Waals surface area contributed by atoms with Crippen LogP contribution in [-0.2, 0) is 4.79 Å². The van der Waals surface area contributed by atoms with E-state index in [1.807, 2.05) is 39.0 Å². The maximum absolute atomic E-state index is 12.3. The van der Waals surface area contributed by atoms with Crippen LogP contribution < -0.4 is 4.74 Å². The Morgan fingerprint density at radius 1 is 1.41 bits per heavy atom. The monoisotopic (exact) mass is 318 g/mol. The smallest absolute Gasteiger partial charge is 0.324 e. The zero-order chi connectivity index (χ0) is 15.7. The van der Waals surface area contributed by atoms with Gasteiger partial charge in [-0.2, -0.15) is 0 Å². The van der Waals surface area contributed by atoms with Gasteiger partial charge in [0.2, 0.25) is 5.16 Å². The highest BCUT2D eigenvalue weighted by Crippen LogP contribution is 2.37. The van der Waals surface area contributed by atoms with Gasteiger partial charge in [-0.15, -0.1) is 5.10 Å². The Labute approximate surface area is 133 Å². The Morgan fingerprint density at radius 3 is 2.91 bits per heavy atom. The number of benzene rings is 1. The third-order valence-corrected chi connectivity index (χ3v) is 4.55. The number of aryl methyl sites for hydroxylation is 2. The van der Waals surface area contributed by atoms with Crippen molar-refractivity contribution in [3.63, 3.8) is 0 Å². The molecule has 1 saturated carbocycles. The fourth-order valence-electron chi connectivity index (χ4n) is 2.03. The number of aromatic nitrogens is 4. The number of rotatable bonds is 5. The van der Waals surface area contributed by atoms with Crippen LogP contribution in [0.5, 0.6) is 5.75 Å². The van der Waals surface area contributed by atoms with Crippen molar-refractivity contribution in [1.29, 1.82) is 0 Å².